The number of carbonyl (C=O) groups excluding carboxylic acids is 3. The minimum atomic E-state index is -1.25. The monoisotopic (exact) mass is 373 g/mol. The topological polar surface area (TPSA) is 88.2 Å². The van der Waals surface area contributed by atoms with Gasteiger partial charge in [-0.15, -0.1) is 0 Å². The number of cyclic esters (lactones) is 2. The fourth-order valence-corrected chi connectivity index (χ4v) is 2.98. The van der Waals surface area contributed by atoms with Gasteiger partial charge in [0, 0.05) is 64.5 Å². The molecule has 1 aromatic rings. The number of hydrogen-bond acceptors (Lipinski definition) is 7. The first-order valence-corrected chi connectivity index (χ1v) is 8.79. The Labute approximate surface area is 157 Å². The molecule has 0 radical (unpaired) electrons. The van der Waals surface area contributed by atoms with Crippen LogP contribution in [0.15, 0.2) is 36.0 Å². The minimum absolute atomic E-state index is 0.102. The van der Waals surface area contributed by atoms with Crippen molar-refractivity contribution in [2.24, 2.45) is 0 Å². The molecule has 144 valence electrons. The summed E-state index contributed by atoms with van der Waals surface area (Å²) in [6, 6.07) is 7.61. The number of amides is 1. The van der Waals surface area contributed by atoms with Gasteiger partial charge >= 0.3 is 11.9 Å². The molecule has 8 nitrogen and oxygen atoms in total. The third-order valence-corrected chi connectivity index (χ3v) is 4.46. The minimum Gasteiger partial charge on any atom is -0.419 e. The summed E-state index contributed by atoms with van der Waals surface area (Å²) in [6.07, 6.45) is 1.29. The largest absolute Gasteiger partial charge is 0.419 e. The van der Waals surface area contributed by atoms with E-state index in [1.807, 2.05) is 29.2 Å². The lowest BCUT2D eigenvalue weighted by Gasteiger charge is -2.35. The molecule has 0 bridgehead atoms. The van der Waals surface area contributed by atoms with Crippen molar-refractivity contribution in [3.8, 4) is 0 Å². The maximum absolute atomic E-state index is 11.9. The van der Waals surface area contributed by atoms with Crippen molar-refractivity contribution in [1.29, 1.82) is 0 Å². The molecule has 2 fully saturated rings. The predicted molar refractivity (Wildman–Crippen MR) is 98.9 cm³/mol. The van der Waals surface area contributed by atoms with Gasteiger partial charge in [0.05, 0.1) is 0 Å². The van der Waals surface area contributed by atoms with Crippen LogP contribution in [0.2, 0.25) is 0 Å². The number of carbonyl (C=O) groups is 3. The summed E-state index contributed by atoms with van der Waals surface area (Å²) in [5, 5.41) is 2.92. The lowest BCUT2D eigenvalue weighted by molar-refractivity contribution is -0.222. The molecule has 1 N–H and O–H groups in total. The number of nitrogens with zero attached hydrogens (tertiary/aromatic N) is 2. The van der Waals surface area contributed by atoms with E-state index in [0.717, 1.165) is 24.5 Å². The van der Waals surface area contributed by atoms with Crippen LogP contribution in [0, 0.1) is 0 Å². The highest BCUT2D eigenvalue weighted by atomic mass is 16.7. The Morgan fingerprint density at radius 2 is 1.59 bits per heavy atom. The Morgan fingerprint density at radius 3 is 2.11 bits per heavy atom. The van der Waals surface area contributed by atoms with Crippen LogP contribution in [0.25, 0.3) is 0 Å². The summed E-state index contributed by atoms with van der Waals surface area (Å²) in [5.74, 6) is -2.59. The first kappa shape index (κ1) is 18.8. The zero-order valence-electron chi connectivity index (χ0n) is 15.7. The highest BCUT2D eigenvalue weighted by molar-refractivity contribution is 6.15. The highest BCUT2D eigenvalue weighted by Gasteiger charge is 2.38. The van der Waals surface area contributed by atoms with Crippen LogP contribution in [0.4, 0.5) is 11.4 Å². The normalized spacial score (nSPS) is 19.3. The van der Waals surface area contributed by atoms with Gasteiger partial charge in [-0.1, -0.05) is 0 Å². The average molecular weight is 373 g/mol. The highest BCUT2D eigenvalue weighted by Crippen LogP contribution is 2.23. The Morgan fingerprint density at radius 1 is 1.04 bits per heavy atom. The second kappa shape index (κ2) is 7.30. The van der Waals surface area contributed by atoms with E-state index in [1.165, 1.54) is 20.0 Å². The molecular weight excluding hydrogens is 350 g/mol. The van der Waals surface area contributed by atoms with E-state index < -0.39 is 17.7 Å². The molecule has 2 aliphatic heterocycles. The molecule has 0 aromatic heterocycles. The molecule has 1 amide bonds. The molecule has 2 heterocycles. The van der Waals surface area contributed by atoms with E-state index >= 15 is 0 Å². The summed E-state index contributed by atoms with van der Waals surface area (Å²) in [4.78, 5) is 39.3. The van der Waals surface area contributed by atoms with Gasteiger partial charge in [-0.2, -0.15) is 0 Å². The molecule has 0 unspecified atom stereocenters. The van der Waals surface area contributed by atoms with Crippen molar-refractivity contribution in [1.82, 2.24) is 4.90 Å². The van der Waals surface area contributed by atoms with Crippen LogP contribution in [0.5, 0.6) is 0 Å². The van der Waals surface area contributed by atoms with Gasteiger partial charge in [0.2, 0.25) is 5.91 Å². The van der Waals surface area contributed by atoms with E-state index in [1.54, 1.807) is 6.92 Å². The Balaban J connectivity index is 1.61. The molecule has 1 aromatic carbocycles. The molecule has 2 saturated heterocycles. The van der Waals surface area contributed by atoms with Gasteiger partial charge in [0.25, 0.3) is 5.79 Å². The van der Waals surface area contributed by atoms with Gasteiger partial charge in [0.1, 0.15) is 0 Å². The number of piperazine rings is 1. The Kier molecular flexibility index (Phi) is 5.07. The van der Waals surface area contributed by atoms with E-state index in [2.05, 4.69) is 10.2 Å². The third kappa shape index (κ3) is 4.39. The van der Waals surface area contributed by atoms with Crippen molar-refractivity contribution < 1.29 is 23.9 Å². The second-order valence-corrected chi connectivity index (χ2v) is 6.92. The van der Waals surface area contributed by atoms with Crippen molar-refractivity contribution in [2.75, 3.05) is 36.4 Å². The van der Waals surface area contributed by atoms with E-state index in [9.17, 15) is 14.4 Å². The van der Waals surface area contributed by atoms with Gasteiger partial charge in [-0.05, 0) is 24.3 Å². The second-order valence-electron chi connectivity index (χ2n) is 6.92. The van der Waals surface area contributed by atoms with Crippen LogP contribution >= 0.6 is 0 Å². The van der Waals surface area contributed by atoms with Gasteiger partial charge in [-0.25, -0.2) is 9.59 Å². The lowest BCUT2D eigenvalue weighted by Crippen LogP contribution is -2.48. The van der Waals surface area contributed by atoms with Gasteiger partial charge < -0.3 is 24.6 Å². The number of rotatable bonds is 3. The molecule has 2 aliphatic rings. The third-order valence-electron chi connectivity index (χ3n) is 4.46. The number of ether oxygens (including phenoxy) is 2. The first-order chi connectivity index (χ1) is 12.7. The van der Waals surface area contributed by atoms with E-state index in [-0.39, 0.29) is 11.5 Å². The van der Waals surface area contributed by atoms with Crippen molar-refractivity contribution in [3.05, 3.63) is 36.0 Å². The number of hydrogen-bond donors (Lipinski definition) is 1. The average Bonchev–Trinajstić information content (AvgIpc) is 2.60. The molecule has 3 rings (SSSR count). The smallest absolute Gasteiger partial charge is 0.350 e. The quantitative estimate of drug-likeness (QED) is 0.488. The maximum Gasteiger partial charge on any atom is 0.350 e. The molecule has 0 atom stereocenters. The zero-order valence-corrected chi connectivity index (χ0v) is 15.7. The molecule has 0 aliphatic carbocycles. The molecule has 0 spiro atoms. The zero-order chi connectivity index (χ0) is 19.6. The summed E-state index contributed by atoms with van der Waals surface area (Å²) < 4.78 is 10.1. The van der Waals surface area contributed by atoms with Crippen LogP contribution in [0.3, 0.4) is 0 Å². The van der Waals surface area contributed by atoms with Crippen LogP contribution in [-0.4, -0.2) is 54.7 Å². The molecule has 0 saturated carbocycles. The van der Waals surface area contributed by atoms with Crippen molar-refractivity contribution >= 4 is 29.2 Å². The van der Waals surface area contributed by atoms with Crippen LogP contribution in [0.1, 0.15) is 20.8 Å². The molecule has 27 heavy (non-hydrogen) atoms. The SMILES string of the molecule is CC(=O)N1CCN(c2ccc(NC=C3C(=O)OC(C)(C)OC3=O)cc2)CC1. The number of benzene rings is 1. The van der Waals surface area contributed by atoms with E-state index in [4.69, 9.17) is 9.47 Å². The predicted octanol–water partition coefficient (Wildman–Crippen LogP) is 1.49. The maximum atomic E-state index is 11.9. The summed E-state index contributed by atoms with van der Waals surface area (Å²) >= 11 is 0. The molecular formula is C19H23N3O5. The first-order valence-electron chi connectivity index (χ1n) is 8.79. The fourth-order valence-electron chi connectivity index (χ4n) is 2.98. The standard InChI is InChI=1S/C19H23N3O5/c1-13(23)21-8-10-22(11-9-21)15-6-4-14(5-7-15)20-12-16-17(24)26-19(2,3)27-18(16)25/h4-7,12,20H,8-11H2,1-3H3. The number of nitrogens with one attached hydrogen (secondary N) is 1. The summed E-state index contributed by atoms with van der Waals surface area (Å²) in [5.41, 5.74) is 1.59. The summed E-state index contributed by atoms with van der Waals surface area (Å²) in [7, 11) is 0. The fraction of sp³-hybridized carbons (Fsp3) is 0.421. The lowest BCUT2D eigenvalue weighted by atomic mass is 10.2. The van der Waals surface area contributed by atoms with Crippen molar-refractivity contribution in [2.45, 2.75) is 26.6 Å². The Hall–Kier alpha value is -3.03. The Bertz CT molecular complexity index is 755. The molecule has 8 heteroatoms. The number of anilines is 2. The van der Waals surface area contributed by atoms with Crippen LogP contribution < -0.4 is 10.2 Å². The van der Waals surface area contributed by atoms with Gasteiger partial charge in [0.15, 0.2) is 5.57 Å². The van der Waals surface area contributed by atoms with Gasteiger partial charge in [-0.3, -0.25) is 4.79 Å². The number of esters is 2. The summed E-state index contributed by atoms with van der Waals surface area (Å²) in [6.45, 7) is 7.57. The van der Waals surface area contributed by atoms with E-state index in [0.29, 0.717) is 13.1 Å². The van der Waals surface area contributed by atoms with Crippen molar-refractivity contribution in [3.63, 3.8) is 0 Å². The van der Waals surface area contributed by atoms with Crippen LogP contribution in [-0.2, 0) is 23.9 Å².